The van der Waals surface area contributed by atoms with Crippen molar-refractivity contribution < 1.29 is 32.3 Å². The summed E-state index contributed by atoms with van der Waals surface area (Å²) < 4.78 is 43.4. The molecule has 0 bridgehead atoms. The van der Waals surface area contributed by atoms with Crippen LogP contribution in [-0.4, -0.2) is 28.9 Å². The third kappa shape index (κ3) is 5.14. The fraction of sp³-hybridized carbons (Fsp3) is 0.200. The van der Waals surface area contributed by atoms with E-state index in [1.165, 1.54) is 25.1 Å². The van der Waals surface area contributed by atoms with Gasteiger partial charge in [0.05, 0.1) is 16.8 Å². The molecule has 0 saturated carbocycles. The molecule has 1 atom stereocenters. The Balaban J connectivity index is 1.70. The second-order valence-corrected chi connectivity index (χ2v) is 8.49. The van der Waals surface area contributed by atoms with Crippen molar-refractivity contribution in [2.24, 2.45) is 5.73 Å². The van der Waals surface area contributed by atoms with Crippen molar-refractivity contribution in [3.05, 3.63) is 57.4 Å². The number of nitrogens with two attached hydrogens (primary N) is 1. The minimum atomic E-state index is -4.45. The van der Waals surface area contributed by atoms with Crippen molar-refractivity contribution in [1.82, 2.24) is 4.98 Å². The molecule has 0 aliphatic rings. The molecule has 2 heterocycles. The molecule has 0 aliphatic carbocycles. The summed E-state index contributed by atoms with van der Waals surface area (Å²) >= 11 is 2.03. The standard InChI is InChI=1S/C20H16F3N3O4S2/c1-9-14(32-17(25-9)11-3-5-12(6-4-11)20(21,22)23)19(29)30-10(2)16(28)26-18-13(15(24)27)7-8-31-18/h3-8,10H,1-2H3,(H2,24,27)(H,26,28). The minimum Gasteiger partial charge on any atom is -0.448 e. The summed E-state index contributed by atoms with van der Waals surface area (Å²) in [5, 5.41) is 4.65. The van der Waals surface area contributed by atoms with E-state index >= 15 is 0 Å². The first-order chi connectivity index (χ1) is 15.0. The number of alkyl halides is 3. The number of aromatic nitrogens is 1. The third-order valence-electron chi connectivity index (χ3n) is 4.26. The van der Waals surface area contributed by atoms with Gasteiger partial charge in [-0.2, -0.15) is 13.2 Å². The number of hydrogen-bond acceptors (Lipinski definition) is 7. The van der Waals surface area contributed by atoms with E-state index in [1.807, 2.05) is 0 Å². The number of amides is 2. The Hall–Kier alpha value is -3.25. The van der Waals surface area contributed by atoms with Crippen molar-refractivity contribution in [3.63, 3.8) is 0 Å². The molecule has 3 aromatic rings. The second kappa shape index (κ2) is 9.09. The molecule has 1 aromatic carbocycles. The predicted molar refractivity (Wildman–Crippen MR) is 114 cm³/mol. The van der Waals surface area contributed by atoms with E-state index in [2.05, 4.69) is 10.3 Å². The van der Waals surface area contributed by atoms with Crippen LogP contribution in [-0.2, 0) is 15.7 Å². The van der Waals surface area contributed by atoms with Crippen LogP contribution in [0.2, 0.25) is 0 Å². The number of hydrogen-bond donors (Lipinski definition) is 2. The number of carbonyl (C=O) groups is 3. The minimum absolute atomic E-state index is 0.119. The van der Waals surface area contributed by atoms with Crippen LogP contribution in [0.25, 0.3) is 10.6 Å². The average Bonchev–Trinajstić information content (AvgIpc) is 3.34. The van der Waals surface area contributed by atoms with Gasteiger partial charge in [-0.3, -0.25) is 9.59 Å². The molecule has 12 heteroatoms. The van der Waals surface area contributed by atoms with Crippen molar-refractivity contribution in [2.45, 2.75) is 26.1 Å². The normalized spacial score (nSPS) is 12.3. The van der Waals surface area contributed by atoms with Gasteiger partial charge >= 0.3 is 12.1 Å². The largest absolute Gasteiger partial charge is 0.448 e. The van der Waals surface area contributed by atoms with Crippen molar-refractivity contribution >= 4 is 45.5 Å². The number of benzene rings is 1. The predicted octanol–water partition coefficient (Wildman–Crippen LogP) is 4.48. The van der Waals surface area contributed by atoms with E-state index < -0.39 is 35.6 Å². The number of ether oxygens (including phenoxy) is 1. The number of carbonyl (C=O) groups excluding carboxylic acids is 3. The number of thiazole rings is 1. The molecule has 0 aliphatic heterocycles. The summed E-state index contributed by atoms with van der Waals surface area (Å²) in [7, 11) is 0. The van der Waals surface area contributed by atoms with E-state index in [4.69, 9.17) is 10.5 Å². The lowest BCUT2D eigenvalue weighted by molar-refractivity contribution is -0.137. The SMILES string of the molecule is Cc1nc(-c2ccc(C(F)(F)F)cc2)sc1C(=O)OC(C)C(=O)Nc1sccc1C(N)=O. The molecule has 7 nitrogen and oxygen atoms in total. The molecule has 2 aromatic heterocycles. The Morgan fingerprint density at radius 3 is 2.41 bits per heavy atom. The van der Waals surface area contributed by atoms with E-state index in [9.17, 15) is 27.6 Å². The van der Waals surface area contributed by atoms with Crippen molar-refractivity contribution in [3.8, 4) is 10.6 Å². The number of halogens is 3. The highest BCUT2D eigenvalue weighted by atomic mass is 32.1. The monoisotopic (exact) mass is 483 g/mol. The van der Waals surface area contributed by atoms with Gasteiger partial charge in [-0.05, 0) is 37.4 Å². The first-order valence-electron chi connectivity index (χ1n) is 9.01. The first kappa shape index (κ1) is 23.4. The number of nitrogens with zero attached hydrogens (tertiary/aromatic N) is 1. The molecule has 1 unspecified atom stereocenters. The number of anilines is 1. The highest BCUT2D eigenvalue weighted by Gasteiger charge is 2.30. The van der Waals surface area contributed by atoms with E-state index in [0.29, 0.717) is 16.3 Å². The van der Waals surface area contributed by atoms with Gasteiger partial charge in [0.25, 0.3) is 11.8 Å². The summed E-state index contributed by atoms with van der Waals surface area (Å²) in [4.78, 5) is 40.6. The maximum atomic E-state index is 12.7. The summed E-state index contributed by atoms with van der Waals surface area (Å²) in [5.41, 5.74) is 5.31. The van der Waals surface area contributed by atoms with Gasteiger partial charge in [-0.25, -0.2) is 9.78 Å². The zero-order chi connectivity index (χ0) is 23.6. The Kier molecular flexibility index (Phi) is 6.65. The molecule has 3 N–H and O–H groups in total. The quantitative estimate of drug-likeness (QED) is 0.502. The number of aryl methyl sites for hydroxylation is 1. The molecule has 168 valence electrons. The van der Waals surface area contributed by atoms with Crippen LogP contribution in [0.5, 0.6) is 0 Å². The molecular formula is C20H16F3N3O4S2. The Morgan fingerprint density at radius 2 is 1.81 bits per heavy atom. The van der Waals surface area contributed by atoms with Gasteiger partial charge in [0, 0.05) is 5.56 Å². The van der Waals surface area contributed by atoms with Crippen LogP contribution in [0.4, 0.5) is 18.2 Å². The highest BCUT2D eigenvalue weighted by Crippen LogP contribution is 2.33. The van der Waals surface area contributed by atoms with Crippen LogP contribution < -0.4 is 11.1 Å². The Labute approximate surface area is 188 Å². The number of nitrogens with one attached hydrogen (secondary N) is 1. The van der Waals surface area contributed by atoms with Gasteiger partial charge in [0.2, 0.25) is 0 Å². The maximum Gasteiger partial charge on any atom is 0.416 e. The molecule has 2 amide bonds. The topological polar surface area (TPSA) is 111 Å². The smallest absolute Gasteiger partial charge is 0.416 e. The van der Waals surface area contributed by atoms with Crippen LogP contribution in [0.15, 0.2) is 35.7 Å². The number of thiophene rings is 1. The third-order valence-corrected chi connectivity index (χ3v) is 6.28. The van der Waals surface area contributed by atoms with Gasteiger partial charge < -0.3 is 15.8 Å². The van der Waals surface area contributed by atoms with E-state index in [0.717, 1.165) is 34.8 Å². The zero-order valence-corrected chi connectivity index (χ0v) is 18.3. The molecule has 0 fully saturated rings. The molecule has 0 radical (unpaired) electrons. The van der Waals surface area contributed by atoms with Gasteiger partial charge in [-0.1, -0.05) is 12.1 Å². The first-order valence-corrected chi connectivity index (χ1v) is 10.7. The molecule has 0 spiro atoms. The lowest BCUT2D eigenvalue weighted by Gasteiger charge is -2.12. The highest BCUT2D eigenvalue weighted by molar-refractivity contribution is 7.17. The number of rotatable bonds is 6. The van der Waals surface area contributed by atoms with Gasteiger partial charge in [-0.15, -0.1) is 22.7 Å². The Bertz CT molecular complexity index is 1170. The van der Waals surface area contributed by atoms with E-state index in [-0.39, 0.29) is 15.4 Å². The summed E-state index contributed by atoms with van der Waals surface area (Å²) in [6, 6.07) is 5.86. The molecule has 3 rings (SSSR count). The van der Waals surface area contributed by atoms with Gasteiger partial charge in [0.1, 0.15) is 14.9 Å². The lowest BCUT2D eigenvalue weighted by Crippen LogP contribution is -2.30. The molecule has 32 heavy (non-hydrogen) atoms. The van der Waals surface area contributed by atoms with Crippen LogP contribution in [0.3, 0.4) is 0 Å². The molecular weight excluding hydrogens is 467 g/mol. The average molecular weight is 483 g/mol. The fourth-order valence-corrected chi connectivity index (χ4v) is 4.34. The lowest BCUT2D eigenvalue weighted by atomic mass is 10.1. The maximum absolute atomic E-state index is 12.7. The van der Waals surface area contributed by atoms with E-state index in [1.54, 1.807) is 12.3 Å². The number of esters is 1. The zero-order valence-electron chi connectivity index (χ0n) is 16.6. The molecule has 0 saturated heterocycles. The van der Waals surface area contributed by atoms with Crippen LogP contribution in [0, 0.1) is 6.92 Å². The summed E-state index contributed by atoms with van der Waals surface area (Å²) in [6.07, 6.45) is -5.65. The van der Waals surface area contributed by atoms with Crippen molar-refractivity contribution in [2.75, 3.05) is 5.32 Å². The number of primary amides is 1. The van der Waals surface area contributed by atoms with Crippen LogP contribution in [0.1, 0.15) is 38.2 Å². The fourth-order valence-electron chi connectivity index (χ4n) is 2.59. The van der Waals surface area contributed by atoms with Crippen LogP contribution >= 0.6 is 22.7 Å². The summed E-state index contributed by atoms with van der Waals surface area (Å²) in [6.45, 7) is 2.91. The van der Waals surface area contributed by atoms with Crippen molar-refractivity contribution in [1.29, 1.82) is 0 Å². The summed E-state index contributed by atoms with van der Waals surface area (Å²) in [5.74, 6) is -2.17. The Morgan fingerprint density at radius 1 is 1.16 bits per heavy atom. The second-order valence-electron chi connectivity index (χ2n) is 6.57. The van der Waals surface area contributed by atoms with Gasteiger partial charge in [0.15, 0.2) is 6.10 Å².